The van der Waals surface area contributed by atoms with Crippen molar-refractivity contribution in [3.8, 4) is 0 Å². The molecule has 0 aromatic carbocycles. The smallest absolute Gasteiger partial charge is 0.0229 e. The zero-order chi connectivity index (χ0) is 8.43. The lowest BCUT2D eigenvalue weighted by atomic mass is 10.2. The first-order chi connectivity index (χ1) is 5.11. The van der Waals surface area contributed by atoms with Crippen molar-refractivity contribution in [1.82, 2.24) is 9.80 Å². The van der Waals surface area contributed by atoms with Gasteiger partial charge in [0.25, 0.3) is 0 Å². The molecule has 1 aliphatic heterocycles. The fraction of sp³-hybridized carbons (Fsp3) is 1.00. The second kappa shape index (κ2) is 4.83. The second-order valence-corrected chi connectivity index (χ2v) is 3.99. The molecule has 1 aliphatic rings. The van der Waals surface area contributed by atoms with E-state index < -0.39 is 0 Å². The summed E-state index contributed by atoms with van der Waals surface area (Å²) in [4.78, 5) is 4.88. The van der Waals surface area contributed by atoms with Crippen LogP contribution in [0.5, 0.6) is 0 Å². The lowest BCUT2D eigenvalue weighted by Crippen LogP contribution is -2.34. The summed E-state index contributed by atoms with van der Waals surface area (Å²) in [5, 5.41) is 0. The first kappa shape index (κ1) is 11.9. The molecule has 2 heteroatoms. The van der Waals surface area contributed by atoms with Gasteiger partial charge in [-0.2, -0.15) is 0 Å². The van der Waals surface area contributed by atoms with E-state index in [0.717, 1.165) is 12.1 Å². The zero-order valence-corrected chi connectivity index (χ0v) is 8.17. The normalized spacial score (nSPS) is 25.0. The lowest BCUT2D eigenvalue weighted by molar-refractivity contribution is 0.237. The fourth-order valence-corrected chi connectivity index (χ4v) is 1.66. The first-order valence-electron chi connectivity index (χ1n) is 4.51. The molecule has 74 valence electrons. The Bertz CT molecular complexity index is 107. The molecule has 0 aliphatic carbocycles. The molecule has 0 N–H and O–H groups in total. The molecule has 1 saturated heterocycles. The topological polar surface area (TPSA) is 6.48 Å². The van der Waals surface area contributed by atoms with E-state index in [9.17, 15) is 0 Å². The number of nitrogens with zero attached hydrogens (tertiary/aromatic N) is 2. The van der Waals surface area contributed by atoms with Gasteiger partial charge in [0.2, 0.25) is 0 Å². The summed E-state index contributed by atoms with van der Waals surface area (Å²) in [7, 11) is 4.35. The summed E-state index contributed by atoms with van der Waals surface area (Å²) < 4.78 is 0. The van der Waals surface area contributed by atoms with Crippen LogP contribution in [0.15, 0.2) is 0 Å². The molecule has 0 unspecified atom stereocenters. The van der Waals surface area contributed by atoms with Gasteiger partial charge in [-0.05, 0) is 34.4 Å². The Labute approximate surface area is 77.5 Å². The van der Waals surface area contributed by atoms with Crippen LogP contribution < -0.4 is 0 Å². The van der Waals surface area contributed by atoms with Gasteiger partial charge >= 0.3 is 0 Å². The zero-order valence-electron chi connectivity index (χ0n) is 8.17. The monoisotopic (exact) mass is 172 g/mol. The molecule has 1 atom stereocenters. The molecule has 12 heavy (non-hydrogen) atoms. The first-order valence-corrected chi connectivity index (χ1v) is 4.51. The Morgan fingerprint density at radius 2 is 1.92 bits per heavy atom. The van der Waals surface area contributed by atoms with Crippen LogP contribution in [0.4, 0.5) is 0 Å². The predicted molar refractivity (Wildman–Crippen MR) is 55.5 cm³/mol. The molecule has 1 heterocycles. The van der Waals surface area contributed by atoms with Crippen molar-refractivity contribution in [2.45, 2.75) is 39.8 Å². The third-order valence-electron chi connectivity index (χ3n) is 2.66. The molecule has 1 fully saturated rings. The molecule has 0 radical (unpaired) electrons. The van der Waals surface area contributed by atoms with Gasteiger partial charge in [-0.3, -0.25) is 4.90 Å². The molecule has 0 aromatic rings. The number of likely N-dealkylation sites (N-methyl/N-ethyl adjacent to an activating group) is 1. The highest BCUT2D eigenvalue weighted by Gasteiger charge is 2.24. The Balaban J connectivity index is 0.00000121. The van der Waals surface area contributed by atoms with E-state index in [2.05, 4.69) is 37.7 Å². The average molecular weight is 172 g/mol. The molecule has 1 rings (SSSR count). The summed E-state index contributed by atoms with van der Waals surface area (Å²) in [5.41, 5.74) is 0. The van der Waals surface area contributed by atoms with Gasteiger partial charge in [-0.25, -0.2) is 0 Å². The fourth-order valence-electron chi connectivity index (χ4n) is 1.66. The Morgan fingerprint density at radius 1 is 1.33 bits per heavy atom. The Hall–Kier alpha value is -0.0800. The minimum atomic E-state index is 0. The summed E-state index contributed by atoms with van der Waals surface area (Å²) in [6, 6.07) is 1.51. The Kier molecular flexibility index (Phi) is 4.80. The van der Waals surface area contributed by atoms with Crippen LogP contribution in [-0.2, 0) is 0 Å². The number of hydrogen-bond acceptors (Lipinski definition) is 2. The van der Waals surface area contributed by atoms with Gasteiger partial charge in [-0.15, -0.1) is 0 Å². The molecule has 0 spiro atoms. The maximum absolute atomic E-state index is 2.55. The van der Waals surface area contributed by atoms with Crippen LogP contribution >= 0.6 is 0 Å². The quantitative estimate of drug-likeness (QED) is 0.625. The Morgan fingerprint density at radius 3 is 2.17 bits per heavy atom. The van der Waals surface area contributed by atoms with Crippen LogP contribution in [0.2, 0.25) is 0 Å². The van der Waals surface area contributed by atoms with Gasteiger partial charge in [-0.1, -0.05) is 7.43 Å². The minimum absolute atomic E-state index is 0. The van der Waals surface area contributed by atoms with Crippen LogP contribution in [0, 0.1) is 0 Å². The minimum Gasteiger partial charge on any atom is -0.305 e. The van der Waals surface area contributed by atoms with Crippen molar-refractivity contribution in [3.63, 3.8) is 0 Å². The average Bonchev–Trinajstić information content (AvgIpc) is 2.33. The predicted octanol–water partition coefficient (Wildman–Crippen LogP) is 1.67. The molecule has 0 aromatic heterocycles. The van der Waals surface area contributed by atoms with Crippen molar-refractivity contribution in [3.05, 3.63) is 0 Å². The largest absolute Gasteiger partial charge is 0.305 e. The van der Waals surface area contributed by atoms with E-state index in [0.29, 0.717) is 0 Å². The number of likely N-dealkylation sites (tertiary alicyclic amines) is 1. The maximum Gasteiger partial charge on any atom is 0.0229 e. The van der Waals surface area contributed by atoms with Crippen LogP contribution in [0.3, 0.4) is 0 Å². The third-order valence-corrected chi connectivity index (χ3v) is 2.66. The molecular formula is C10H24N2. The SMILES string of the molecule is C.CC(C)N1CC[C@@H](N(C)C)C1. The molecule has 2 nitrogen and oxygen atoms in total. The van der Waals surface area contributed by atoms with Gasteiger partial charge in [0, 0.05) is 25.2 Å². The van der Waals surface area contributed by atoms with Crippen molar-refractivity contribution in [1.29, 1.82) is 0 Å². The molecule has 0 bridgehead atoms. The van der Waals surface area contributed by atoms with Gasteiger partial charge in [0.15, 0.2) is 0 Å². The van der Waals surface area contributed by atoms with E-state index in [1.807, 2.05) is 0 Å². The van der Waals surface area contributed by atoms with Crippen LogP contribution in [0.25, 0.3) is 0 Å². The van der Waals surface area contributed by atoms with Gasteiger partial charge < -0.3 is 4.90 Å². The van der Waals surface area contributed by atoms with E-state index in [-0.39, 0.29) is 7.43 Å². The summed E-state index contributed by atoms with van der Waals surface area (Å²) >= 11 is 0. The molecule has 0 amide bonds. The van der Waals surface area contributed by atoms with Crippen LogP contribution in [0.1, 0.15) is 27.7 Å². The van der Waals surface area contributed by atoms with E-state index in [1.165, 1.54) is 19.5 Å². The standard InChI is InChI=1S/C9H20N2.CH4/c1-8(2)11-6-5-9(7-11)10(3)4;/h8-9H,5-7H2,1-4H3;1H4/t9-;/m1./s1. The lowest BCUT2D eigenvalue weighted by Gasteiger charge is -2.22. The summed E-state index contributed by atoms with van der Waals surface area (Å²) in [6.45, 7) is 7.08. The maximum atomic E-state index is 2.55. The molecule has 0 saturated carbocycles. The number of rotatable bonds is 2. The van der Waals surface area contributed by atoms with Crippen molar-refractivity contribution in [2.24, 2.45) is 0 Å². The van der Waals surface area contributed by atoms with Gasteiger partial charge in [0.1, 0.15) is 0 Å². The summed E-state index contributed by atoms with van der Waals surface area (Å²) in [6.07, 6.45) is 1.34. The third kappa shape index (κ3) is 2.76. The van der Waals surface area contributed by atoms with Crippen molar-refractivity contribution >= 4 is 0 Å². The number of hydrogen-bond donors (Lipinski definition) is 0. The highest BCUT2D eigenvalue weighted by atomic mass is 15.2. The van der Waals surface area contributed by atoms with Gasteiger partial charge in [0.05, 0.1) is 0 Å². The van der Waals surface area contributed by atoms with E-state index >= 15 is 0 Å². The van der Waals surface area contributed by atoms with Crippen molar-refractivity contribution < 1.29 is 0 Å². The highest BCUT2D eigenvalue weighted by molar-refractivity contribution is 4.82. The van der Waals surface area contributed by atoms with Crippen LogP contribution in [-0.4, -0.2) is 49.1 Å². The van der Waals surface area contributed by atoms with Crippen molar-refractivity contribution in [2.75, 3.05) is 27.2 Å². The highest BCUT2D eigenvalue weighted by Crippen LogP contribution is 2.15. The summed E-state index contributed by atoms with van der Waals surface area (Å²) in [5.74, 6) is 0. The molecular weight excluding hydrogens is 148 g/mol. The van der Waals surface area contributed by atoms with E-state index in [1.54, 1.807) is 0 Å². The second-order valence-electron chi connectivity index (χ2n) is 3.99. The van der Waals surface area contributed by atoms with E-state index in [4.69, 9.17) is 0 Å².